The zero-order chi connectivity index (χ0) is 14.3. The molecular formula is C13H12FN5O. The number of benzene rings is 1. The summed E-state index contributed by atoms with van der Waals surface area (Å²) in [6, 6.07) is 4.10. The first-order valence-electron chi connectivity index (χ1n) is 5.97. The van der Waals surface area contributed by atoms with Crippen LogP contribution in [0, 0.1) is 5.82 Å². The average molecular weight is 273 g/mol. The molecule has 102 valence electrons. The highest BCUT2D eigenvalue weighted by Crippen LogP contribution is 2.14. The van der Waals surface area contributed by atoms with Crippen molar-refractivity contribution in [2.45, 2.75) is 6.54 Å². The summed E-state index contributed by atoms with van der Waals surface area (Å²) in [7, 11) is 1.72. The molecule has 0 atom stereocenters. The van der Waals surface area contributed by atoms with Gasteiger partial charge in [-0.15, -0.1) is 0 Å². The van der Waals surface area contributed by atoms with Gasteiger partial charge < -0.3 is 5.73 Å². The number of rotatable bonds is 2. The van der Waals surface area contributed by atoms with Crippen LogP contribution in [0.25, 0.3) is 11.0 Å². The van der Waals surface area contributed by atoms with E-state index in [2.05, 4.69) is 10.1 Å². The average Bonchev–Trinajstić information content (AvgIpc) is 2.78. The third-order valence-corrected chi connectivity index (χ3v) is 3.17. The van der Waals surface area contributed by atoms with E-state index < -0.39 is 5.82 Å². The van der Waals surface area contributed by atoms with Crippen molar-refractivity contribution in [3.8, 4) is 0 Å². The van der Waals surface area contributed by atoms with Crippen LogP contribution >= 0.6 is 0 Å². The number of nitrogens with zero attached hydrogens (tertiary/aromatic N) is 4. The van der Waals surface area contributed by atoms with Gasteiger partial charge in [0.2, 0.25) is 0 Å². The number of hydrogen-bond acceptors (Lipinski definition) is 4. The van der Waals surface area contributed by atoms with Gasteiger partial charge in [0.25, 0.3) is 5.56 Å². The monoisotopic (exact) mass is 273 g/mol. The van der Waals surface area contributed by atoms with Crippen molar-refractivity contribution in [1.29, 1.82) is 0 Å². The van der Waals surface area contributed by atoms with Crippen LogP contribution in [0.3, 0.4) is 0 Å². The second-order valence-corrected chi connectivity index (χ2v) is 4.53. The zero-order valence-corrected chi connectivity index (χ0v) is 10.7. The summed E-state index contributed by atoms with van der Waals surface area (Å²) in [6.45, 7) is 0.239. The van der Waals surface area contributed by atoms with Crippen LogP contribution in [0.15, 0.2) is 35.5 Å². The van der Waals surface area contributed by atoms with E-state index in [9.17, 15) is 9.18 Å². The molecule has 20 heavy (non-hydrogen) atoms. The largest absolute Gasteiger partial charge is 0.398 e. The molecule has 0 aliphatic rings. The molecule has 2 N–H and O–H groups in total. The predicted octanol–water partition coefficient (Wildman–Crippen LogP) is 0.900. The quantitative estimate of drug-likeness (QED) is 0.704. The lowest BCUT2D eigenvalue weighted by molar-refractivity contribution is 0.627. The van der Waals surface area contributed by atoms with Crippen molar-refractivity contribution in [2.75, 3.05) is 5.73 Å². The minimum Gasteiger partial charge on any atom is -0.398 e. The smallest absolute Gasteiger partial charge is 0.264 e. The maximum atomic E-state index is 13.0. The standard InChI is InChI=1S/C13H12FN5O/c1-18-12-10(5-17-18)13(20)19(7-16-12)6-8-2-3-9(14)4-11(8)15/h2-5,7H,6,15H2,1H3. The van der Waals surface area contributed by atoms with E-state index in [4.69, 9.17) is 5.73 Å². The van der Waals surface area contributed by atoms with E-state index in [1.807, 2.05) is 0 Å². The molecule has 0 bridgehead atoms. The summed E-state index contributed by atoms with van der Waals surface area (Å²) in [5, 5.41) is 4.44. The Kier molecular flexibility index (Phi) is 2.74. The molecule has 6 nitrogen and oxygen atoms in total. The Hall–Kier alpha value is -2.70. The zero-order valence-electron chi connectivity index (χ0n) is 10.7. The summed E-state index contributed by atoms with van der Waals surface area (Å²) in [5.74, 6) is -0.403. The summed E-state index contributed by atoms with van der Waals surface area (Å²) in [6.07, 6.45) is 2.92. The van der Waals surface area contributed by atoms with Gasteiger partial charge in [-0.05, 0) is 17.7 Å². The third kappa shape index (κ3) is 1.93. The highest BCUT2D eigenvalue weighted by atomic mass is 19.1. The summed E-state index contributed by atoms with van der Waals surface area (Å²) in [4.78, 5) is 16.5. The fourth-order valence-corrected chi connectivity index (χ4v) is 2.07. The second-order valence-electron chi connectivity index (χ2n) is 4.53. The van der Waals surface area contributed by atoms with Gasteiger partial charge in [-0.1, -0.05) is 6.07 Å². The molecule has 0 spiro atoms. The van der Waals surface area contributed by atoms with Crippen LogP contribution in [-0.4, -0.2) is 19.3 Å². The van der Waals surface area contributed by atoms with Crippen molar-refractivity contribution < 1.29 is 4.39 Å². The SMILES string of the molecule is Cn1ncc2c(=O)n(Cc3ccc(F)cc3N)cnc21. The molecule has 0 saturated heterocycles. The lowest BCUT2D eigenvalue weighted by Gasteiger charge is -2.08. The predicted molar refractivity (Wildman–Crippen MR) is 72.7 cm³/mol. The molecule has 2 heterocycles. The van der Waals surface area contributed by atoms with Gasteiger partial charge in [-0.2, -0.15) is 5.10 Å². The van der Waals surface area contributed by atoms with E-state index in [0.717, 1.165) is 0 Å². The molecule has 0 aliphatic carbocycles. The lowest BCUT2D eigenvalue weighted by Crippen LogP contribution is -2.21. The van der Waals surface area contributed by atoms with Crippen molar-refractivity contribution in [3.05, 3.63) is 52.5 Å². The number of fused-ring (bicyclic) bond motifs is 1. The lowest BCUT2D eigenvalue weighted by atomic mass is 10.2. The molecule has 0 aliphatic heterocycles. The highest BCUT2D eigenvalue weighted by molar-refractivity contribution is 5.72. The number of hydrogen-bond donors (Lipinski definition) is 1. The Morgan fingerprint density at radius 2 is 2.20 bits per heavy atom. The highest BCUT2D eigenvalue weighted by Gasteiger charge is 2.09. The molecule has 0 radical (unpaired) electrons. The van der Waals surface area contributed by atoms with Crippen molar-refractivity contribution >= 4 is 16.7 Å². The van der Waals surface area contributed by atoms with Gasteiger partial charge in [0.05, 0.1) is 12.7 Å². The van der Waals surface area contributed by atoms with Crippen LogP contribution < -0.4 is 11.3 Å². The normalized spacial score (nSPS) is 11.1. The van der Waals surface area contributed by atoms with Gasteiger partial charge >= 0.3 is 0 Å². The van der Waals surface area contributed by atoms with Crippen LogP contribution in [0.1, 0.15) is 5.56 Å². The topological polar surface area (TPSA) is 78.7 Å². The number of nitrogens with two attached hydrogens (primary N) is 1. The number of aromatic nitrogens is 4. The number of anilines is 1. The minimum absolute atomic E-state index is 0.202. The fraction of sp³-hybridized carbons (Fsp3) is 0.154. The molecule has 0 saturated carbocycles. The van der Waals surface area contributed by atoms with Gasteiger partial charge in [0.1, 0.15) is 17.5 Å². The molecule has 0 amide bonds. The van der Waals surface area contributed by atoms with Gasteiger partial charge in [0.15, 0.2) is 5.65 Å². The summed E-state index contributed by atoms with van der Waals surface area (Å²) >= 11 is 0. The number of halogens is 1. The van der Waals surface area contributed by atoms with E-state index in [1.165, 1.54) is 33.9 Å². The molecule has 0 unspecified atom stereocenters. The number of nitrogen functional groups attached to an aromatic ring is 1. The maximum absolute atomic E-state index is 13.0. The molecule has 7 heteroatoms. The first-order valence-corrected chi connectivity index (χ1v) is 5.97. The Morgan fingerprint density at radius 3 is 2.95 bits per heavy atom. The van der Waals surface area contributed by atoms with Crippen LogP contribution in [0.4, 0.5) is 10.1 Å². The molecular weight excluding hydrogens is 261 g/mol. The van der Waals surface area contributed by atoms with Crippen LogP contribution in [0.5, 0.6) is 0 Å². The molecule has 3 aromatic rings. The summed E-state index contributed by atoms with van der Waals surface area (Å²) in [5.41, 5.74) is 7.04. The first kappa shape index (κ1) is 12.3. The Labute approximate surface area is 113 Å². The van der Waals surface area contributed by atoms with Crippen LogP contribution in [-0.2, 0) is 13.6 Å². The van der Waals surface area contributed by atoms with Crippen molar-refractivity contribution in [3.63, 3.8) is 0 Å². The number of aryl methyl sites for hydroxylation is 1. The first-order chi connectivity index (χ1) is 9.56. The second kappa shape index (κ2) is 4.44. The van der Waals surface area contributed by atoms with Crippen LogP contribution in [0.2, 0.25) is 0 Å². The Balaban J connectivity index is 2.07. The Morgan fingerprint density at radius 1 is 1.40 bits per heavy atom. The molecule has 3 rings (SSSR count). The summed E-state index contributed by atoms with van der Waals surface area (Å²) < 4.78 is 16.0. The molecule has 0 fully saturated rings. The van der Waals surface area contributed by atoms with E-state index >= 15 is 0 Å². The van der Waals surface area contributed by atoms with E-state index in [0.29, 0.717) is 22.3 Å². The molecule has 2 aromatic heterocycles. The van der Waals surface area contributed by atoms with Crippen molar-refractivity contribution in [2.24, 2.45) is 7.05 Å². The fourth-order valence-electron chi connectivity index (χ4n) is 2.07. The van der Waals surface area contributed by atoms with E-state index in [-0.39, 0.29) is 12.1 Å². The van der Waals surface area contributed by atoms with Gasteiger partial charge in [-0.25, -0.2) is 9.37 Å². The molecule has 1 aromatic carbocycles. The van der Waals surface area contributed by atoms with E-state index in [1.54, 1.807) is 13.1 Å². The van der Waals surface area contributed by atoms with Crippen molar-refractivity contribution in [1.82, 2.24) is 19.3 Å². The Bertz CT molecular complexity index is 852. The van der Waals surface area contributed by atoms with Gasteiger partial charge in [-0.3, -0.25) is 14.0 Å². The third-order valence-electron chi connectivity index (χ3n) is 3.17. The maximum Gasteiger partial charge on any atom is 0.264 e. The van der Waals surface area contributed by atoms with Gasteiger partial charge in [0, 0.05) is 12.7 Å². The minimum atomic E-state index is -0.403.